The molecule has 0 aliphatic carbocycles. The lowest BCUT2D eigenvalue weighted by Gasteiger charge is -2.38. The van der Waals surface area contributed by atoms with E-state index >= 15 is 0 Å². The van der Waals surface area contributed by atoms with Crippen molar-refractivity contribution in [1.29, 1.82) is 0 Å². The predicted molar refractivity (Wildman–Crippen MR) is 70.2 cm³/mol. The second-order valence-corrected chi connectivity index (χ2v) is 6.49. The molecule has 0 unspecified atom stereocenters. The Labute approximate surface area is 109 Å². The van der Waals surface area contributed by atoms with Crippen LogP contribution in [0.15, 0.2) is 0 Å². The fourth-order valence-electron chi connectivity index (χ4n) is 2.62. The molecule has 1 aliphatic rings. The third kappa shape index (κ3) is 4.31. The van der Waals surface area contributed by atoms with Crippen LogP contribution in [0, 0.1) is 11.3 Å². The summed E-state index contributed by atoms with van der Waals surface area (Å²) in [4.78, 5) is 25.0. The molecule has 1 rings (SSSR count). The van der Waals surface area contributed by atoms with E-state index in [1.807, 2.05) is 18.7 Å². The molecule has 0 saturated carbocycles. The standard InChI is InChI=1S/C14H25NO3/c1-10-5-6-11(2)15(9-10)12(16)7-14(3,4)8-13(17)18/h10-11H,5-9H2,1-4H3,(H,17,18)/t10-,11+/m1/s1. The molecule has 1 amide bonds. The maximum Gasteiger partial charge on any atom is 0.303 e. The van der Waals surface area contributed by atoms with E-state index in [0.717, 1.165) is 13.0 Å². The summed E-state index contributed by atoms with van der Waals surface area (Å²) in [5.41, 5.74) is -0.469. The number of aliphatic carboxylic acids is 1. The van der Waals surface area contributed by atoms with Crippen LogP contribution >= 0.6 is 0 Å². The number of hydrogen-bond donors (Lipinski definition) is 1. The van der Waals surface area contributed by atoms with Crippen LogP contribution < -0.4 is 0 Å². The van der Waals surface area contributed by atoms with Gasteiger partial charge in [-0.2, -0.15) is 0 Å². The lowest BCUT2D eigenvalue weighted by atomic mass is 9.84. The highest BCUT2D eigenvalue weighted by atomic mass is 16.4. The topological polar surface area (TPSA) is 57.6 Å². The van der Waals surface area contributed by atoms with Gasteiger partial charge in [0.05, 0.1) is 6.42 Å². The minimum atomic E-state index is -0.840. The highest BCUT2D eigenvalue weighted by molar-refractivity contribution is 5.78. The van der Waals surface area contributed by atoms with E-state index in [1.54, 1.807) is 0 Å². The Bertz CT molecular complexity index is 325. The van der Waals surface area contributed by atoms with Crippen molar-refractivity contribution in [2.75, 3.05) is 6.54 Å². The maximum atomic E-state index is 12.3. The molecule has 0 aromatic heterocycles. The summed E-state index contributed by atoms with van der Waals surface area (Å²) in [5, 5.41) is 8.84. The second kappa shape index (κ2) is 5.72. The first-order valence-electron chi connectivity index (χ1n) is 6.72. The number of rotatable bonds is 4. The molecule has 1 aliphatic heterocycles. The average Bonchev–Trinajstić information content (AvgIpc) is 2.18. The molecule has 4 nitrogen and oxygen atoms in total. The smallest absolute Gasteiger partial charge is 0.303 e. The van der Waals surface area contributed by atoms with Crippen LogP contribution in [0.3, 0.4) is 0 Å². The molecule has 0 bridgehead atoms. The minimum absolute atomic E-state index is 0.0382. The number of carbonyl (C=O) groups is 2. The van der Waals surface area contributed by atoms with Crippen LogP contribution in [0.4, 0.5) is 0 Å². The third-order valence-corrected chi connectivity index (χ3v) is 3.70. The number of carboxylic acid groups (broad SMARTS) is 1. The Morgan fingerprint density at radius 3 is 2.39 bits per heavy atom. The van der Waals surface area contributed by atoms with Crippen molar-refractivity contribution in [1.82, 2.24) is 4.90 Å². The molecular formula is C14H25NO3. The number of likely N-dealkylation sites (tertiary alicyclic amines) is 1. The number of hydrogen-bond acceptors (Lipinski definition) is 2. The zero-order chi connectivity index (χ0) is 13.9. The zero-order valence-electron chi connectivity index (χ0n) is 11.9. The van der Waals surface area contributed by atoms with Crippen molar-refractivity contribution < 1.29 is 14.7 Å². The van der Waals surface area contributed by atoms with Crippen LogP contribution in [-0.2, 0) is 9.59 Å². The van der Waals surface area contributed by atoms with E-state index in [2.05, 4.69) is 13.8 Å². The van der Waals surface area contributed by atoms with Gasteiger partial charge in [0, 0.05) is 19.0 Å². The van der Waals surface area contributed by atoms with Gasteiger partial charge >= 0.3 is 5.97 Å². The fraction of sp³-hybridized carbons (Fsp3) is 0.857. The fourth-order valence-corrected chi connectivity index (χ4v) is 2.62. The molecule has 1 N–H and O–H groups in total. The lowest BCUT2D eigenvalue weighted by molar-refractivity contribution is -0.142. The van der Waals surface area contributed by atoms with Crippen LogP contribution in [0.2, 0.25) is 0 Å². The van der Waals surface area contributed by atoms with Gasteiger partial charge in [0.1, 0.15) is 0 Å². The Morgan fingerprint density at radius 1 is 1.22 bits per heavy atom. The van der Waals surface area contributed by atoms with E-state index in [4.69, 9.17) is 5.11 Å². The van der Waals surface area contributed by atoms with Gasteiger partial charge < -0.3 is 10.0 Å². The summed E-state index contributed by atoms with van der Waals surface area (Å²) < 4.78 is 0. The summed E-state index contributed by atoms with van der Waals surface area (Å²) in [6.45, 7) is 8.74. The molecule has 2 atom stereocenters. The van der Waals surface area contributed by atoms with Crippen molar-refractivity contribution in [3.05, 3.63) is 0 Å². The zero-order valence-corrected chi connectivity index (χ0v) is 11.9. The van der Waals surface area contributed by atoms with Crippen LogP contribution in [0.5, 0.6) is 0 Å². The van der Waals surface area contributed by atoms with E-state index in [1.165, 1.54) is 6.42 Å². The quantitative estimate of drug-likeness (QED) is 0.839. The van der Waals surface area contributed by atoms with Gasteiger partial charge in [0.25, 0.3) is 0 Å². The Balaban J connectivity index is 2.61. The maximum absolute atomic E-state index is 12.3. The van der Waals surface area contributed by atoms with E-state index < -0.39 is 11.4 Å². The van der Waals surface area contributed by atoms with Gasteiger partial charge in [-0.15, -0.1) is 0 Å². The van der Waals surface area contributed by atoms with Gasteiger partial charge in [-0.05, 0) is 31.1 Å². The molecule has 104 valence electrons. The summed E-state index contributed by atoms with van der Waals surface area (Å²) in [5.74, 6) is -0.194. The molecule has 1 saturated heterocycles. The Morgan fingerprint density at radius 2 is 1.83 bits per heavy atom. The van der Waals surface area contributed by atoms with E-state index in [0.29, 0.717) is 12.3 Å². The lowest BCUT2D eigenvalue weighted by Crippen LogP contribution is -2.46. The van der Waals surface area contributed by atoms with Crippen LogP contribution in [0.25, 0.3) is 0 Å². The van der Waals surface area contributed by atoms with Gasteiger partial charge in [-0.25, -0.2) is 0 Å². The predicted octanol–water partition coefficient (Wildman–Crippen LogP) is 2.52. The van der Waals surface area contributed by atoms with Crippen molar-refractivity contribution >= 4 is 11.9 Å². The monoisotopic (exact) mass is 255 g/mol. The first kappa shape index (κ1) is 15.0. The van der Waals surface area contributed by atoms with Gasteiger partial charge in [-0.1, -0.05) is 20.8 Å². The number of amides is 1. The molecule has 0 spiro atoms. The van der Waals surface area contributed by atoms with E-state index in [-0.39, 0.29) is 18.4 Å². The summed E-state index contributed by atoms with van der Waals surface area (Å²) in [6.07, 6.45) is 2.57. The normalized spacial score (nSPS) is 25.0. The van der Waals surface area contributed by atoms with Gasteiger partial charge in [0.2, 0.25) is 5.91 Å². The summed E-state index contributed by atoms with van der Waals surface area (Å²) >= 11 is 0. The second-order valence-electron chi connectivity index (χ2n) is 6.49. The number of carbonyl (C=O) groups excluding carboxylic acids is 1. The summed E-state index contributed by atoms with van der Waals surface area (Å²) in [7, 11) is 0. The first-order valence-corrected chi connectivity index (χ1v) is 6.72. The minimum Gasteiger partial charge on any atom is -0.481 e. The third-order valence-electron chi connectivity index (χ3n) is 3.70. The van der Waals surface area contributed by atoms with Gasteiger partial charge in [0.15, 0.2) is 0 Å². The van der Waals surface area contributed by atoms with Crippen molar-refractivity contribution in [3.63, 3.8) is 0 Å². The first-order chi connectivity index (χ1) is 8.21. The average molecular weight is 255 g/mol. The molecule has 0 aromatic rings. The van der Waals surface area contributed by atoms with Crippen molar-refractivity contribution in [2.45, 2.75) is 59.4 Å². The summed E-state index contributed by atoms with van der Waals surface area (Å²) in [6, 6.07) is 0.286. The van der Waals surface area contributed by atoms with Crippen molar-refractivity contribution in [3.8, 4) is 0 Å². The number of carboxylic acids is 1. The van der Waals surface area contributed by atoms with E-state index in [9.17, 15) is 9.59 Å². The van der Waals surface area contributed by atoms with Crippen LogP contribution in [-0.4, -0.2) is 34.5 Å². The SMILES string of the molecule is C[C@@H]1CC[C@H](C)N(C(=O)CC(C)(C)CC(=O)O)C1. The molecule has 0 aromatic carbocycles. The number of nitrogens with zero attached hydrogens (tertiary/aromatic N) is 1. The molecule has 18 heavy (non-hydrogen) atoms. The number of piperidine rings is 1. The molecular weight excluding hydrogens is 230 g/mol. The molecule has 1 fully saturated rings. The van der Waals surface area contributed by atoms with Crippen LogP contribution in [0.1, 0.15) is 53.4 Å². The van der Waals surface area contributed by atoms with Crippen molar-refractivity contribution in [2.24, 2.45) is 11.3 Å². The molecule has 0 radical (unpaired) electrons. The molecule has 4 heteroatoms. The largest absolute Gasteiger partial charge is 0.481 e. The Hall–Kier alpha value is -1.06. The van der Waals surface area contributed by atoms with Gasteiger partial charge in [-0.3, -0.25) is 9.59 Å². The molecule has 1 heterocycles. The Kier molecular flexibility index (Phi) is 4.77. The highest BCUT2D eigenvalue weighted by Gasteiger charge is 2.32. The highest BCUT2D eigenvalue weighted by Crippen LogP contribution is 2.29.